The van der Waals surface area contributed by atoms with E-state index in [1.807, 2.05) is 12.1 Å². The predicted octanol–water partition coefficient (Wildman–Crippen LogP) is 2.15. The predicted molar refractivity (Wildman–Crippen MR) is 86.2 cm³/mol. The standard InChI is InChI=1S/C15H18N4OS/c1-18-6-8-19(9-7-18)13-4-2-12(3-5-13)17-15(20)14-10-16-11-21-14/h2-5,10-11H,6-9H2,1H3,(H,17,20). The lowest BCUT2D eigenvalue weighted by Crippen LogP contribution is -2.44. The summed E-state index contributed by atoms with van der Waals surface area (Å²) in [6.07, 6.45) is 1.58. The fourth-order valence-corrected chi connectivity index (χ4v) is 2.86. The molecule has 1 aromatic carbocycles. The first kappa shape index (κ1) is 14.0. The van der Waals surface area contributed by atoms with Gasteiger partial charge in [-0.05, 0) is 31.3 Å². The first-order valence-electron chi connectivity index (χ1n) is 6.96. The second kappa shape index (κ2) is 6.24. The highest BCUT2D eigenvalue weighted by Gasteiger charge is 2.14. The van der Waals surface area contributed by atoms with Crippen LogP contribution in [0.2, 0.25) is 0 Å². The van der Waals surface area contributed by atoms with Crippen molar-refractivity contribution in [3.63, 3.8) is 0 Å². The number of piperazine rings is 1. The molecule has 0 aliphatic carbocycles. The van der Waals surface area contributed by atoms with Crippen molar-refractivity contribution in [2.75, 3.05) is 43.4 Å². The molecule has 0 saturated carbocycles. The Bertz CT molecular complexity index is 589. The summed E-state index contributed by atoms with van der Waals surface area (Å²) in [5.41, 5.74) is 3.68. The number of nitrogens with zero attached hydrogens (tertiary/aromatic N) is 3. The highest BCUT2D eigenvalue weighted by molar-refractivity contribution is 7.11. The number of aromatic nitrogens is 1. The molecule has 5 nitrogen and oxygen atoms in total. The monoisotopic (exact) mass is 302 g/mol. The summed E-state index contributed by atoms with van der Waals surface area (Å²) in [6, 6.07) is 8.03. The molecule has 0 unspecified atom stereocenters. The molecule has 1 fully saturated rings. The topological polar surface area (TPSA) is 48.5 Å². The molecule has 3 rings (SSSR count). The Balaban J connectivity index is 1.63. The highest BCUT2D eigenvalue weighted by atomic mass is 32.1. The van der Waals surface area contributed by atoms with E-state index in [2.05, 4.69) is 39.3 Å². The summed E-state index contributed by atoms with van der Waals surface area (Å²) in [5, 5.41) is 2.89. The van der Waals surface area contributed by atoms with Gasteiger partial charge in [-0.25, -0.2) is 0 Å². The smallest absolute Gasteiger partial charge is 0.267 e. The lowest BCUT2D eigenvalue weighted by molar-refractivity contribution is 0.103. The molecule has 21 heavy (non-hydrogen) atoms. The Labute approximate surface area is 128 Å². The maximum absolute atomic E-state index is 11.9. The molecular weight excluding hydrogens is 284 g/mol. The van der Waals surface area contributed by atoms with Gasteiger partial charge in [-0.3, -0.25) is 9.78 Å². The summed E-state index contributed by atoms with van der Waals surface area (Å²) in [6.45, 7) is 4.26. The second-order valence-corrected chi connectivity index (χ2v) is 6.04. The molecule has 1 amide bonds. The van der Waals surface area contributed by atoms with Crippen LogP contribution >= 0.6 is 11.3 Å². The molecular formula is C15H18N4OS. The van der Waals surface area contributed by atoms with Crippen LogP contribution in [0.25, 0.3) is 0 Å². The van der Waals surface area contributed by atoms with Gasteiger partial charge in [0.15, 0.2) is 0 Å². The molecule has 110 valence electrons. The van der Waals surface area contributed by atoms with Crippen molar-refractivity contribution >= 4 is 28.6 Å². The number of likely N-dealkylation sites (N-methyl/N-ethyl adjacent to an activating group) is 1. The van der Waals surface area contributed by atoms with E-state index in [9.17, 15) is 4.79 Å². The van der Waals surface area contributed by atoms with E-state index in [0.717, 1.165) is 31.9 Å². The minimum Gasteiger partial charge on any atom is -0.369 e. The summed E-state index contributed by atoms with van der Waals surface area (Å²) in [5.74, 6) is -0.107. The van der Waals surface area contributed by atoms with Crippen LogP contribution in [0.1, 0.15) is 9.67 Å². The quantitative estimate of drug-likeness (QED) is 0.944. The number of anilines is 2. The molecule has 1 aliphatic rings. The van der Waals surface area contributed by atoms with Gasteiger partial charge < -0.3 is 15.1 Å². The van der Waals surface area contributed by atoms with Crippen LogP contribution in [0, 0.1) is 0 Å². The van der Waals surface area contributed by atoms with E-state index < -0.39 is 0 Å². The maximum atomic E-state index is 11.9. The Morgan fingerprint density at radius 3 is 2.52 bits per heavy atom. The summed E-state index contributed by atoms with van der Waals surface area (Å²) in [7, 11) is 2.15. The van der Waals surface area contributed by atoms with Crippen molar-refractivity contribution in [2.45, 2.75) is 0 Å². The zero-order chi connectivity index (χ0) is 14.7. The average molecular weight is 302 g/mol. The van der Waals surface area contributed by atoms with Crippen LogP contribution < -0.4 is 10.2 Å². The van der Waals surface area contributed by atoms with Crippen molar-refractivity contribution in [2.24, 2.45) is 0 Å². The molecule has 6 heteroatoms. The van der Waals surface area contributed by atoms with Crippen molar-refractivity contribution in [3.05, 3.63) is 40.8 Å². The Morgan fingerprint density at radius 2 is 1.90 bits per heavy atom. The largest absolute Gasteiger partial charge is 0.369 e. The molecule has 2 aromatic rings. The lowest BCUT2D eigenvalue weighted by atomic mass is 10.2. The van der Waals surface area contributed by atoms with Crippen LogP contribution in [0.5, 0.6) is 0 Å². The number of carbonyl (C=O) groups is 1. The van der Waals surface area contributed by atoms with Gasteiger partial charge in [0.25, 0.3) is 5.91 Å². The minimum absolute atomic E-state index is 0.107. The van der Waals surface area contributed by atoms with Crippen LogP contribution in [0.15, 0.2) is 36.0 Å². The van der Waals surface area contributed by atoms with E-state index in [1.165, 1.54) is 17.0 Å². The van der Waals surface area contributed by atoms with Gasteiger partial charge in [0.05, 0.1) is 11.7 Å². The molecule has 0 spiro atoms. The Kier molecular flexibility index (Phi) is 4.17. The normalized spacial score (nSPS) is 16.0. The van der Waals surface area contributed by atoms with Crippen LogP contribution in [-0.2, 0) is 0 Å². The van der Waals surface area contributed by atoms with Gasteiger partial charge in [-0.15, -0.1) is 11.3 Å². The van der Waals surface area contributed by atoms with Gasteiger partial charge in [-0.2, -0.15) is 0 Å². The number of hydrogen-bond donors (Lipinski definition) is 1. The van der Waals surface area contributed by atoms with Gasteiger partial charge >= 0.3 is 0 Å². The number of hydrogen-bond acceptors (Lipinski definition) is 5. The number of thiazole rings is 1. The van der Waals surface area contributed by atoms with Crippen LogP contribution in [0.3, 0.4) is 0 Å². The first-order valence-corrected chi connectivity index (χ1v) is 7.84. The highest BCUT2D eigenvalue weighted by Crippen LogP contribution is 2.20. The van der Waals surface area contributed by atoms with Crippen LogP contribution in [0.4, 0.5) is 11.4 Å². The van der Waals surface area contributed by atoms with Crippen LogP contribution in [-0.4, -0.2) is 49.0 Å². The number of carbonyl (C=O) groups excluding carboxylic acids is 1. The van der Waals surface area contributed by atoms with E-state index in [-0.39, 0.29) is 5.91 Å². The third kappa shape index (κ3) is 3.40. The van der Waals surface area contributed by atoms with Gasteiger partial charge in [0, 0.05) is 37.6 Å². The van der Waals surface area contributed by atoms with E-state index in [4.69, 9.17) is 0 Å². The van der Waals surface area contributed by atoms with Crippen molar-refractivity contribution in [1.82, 2.24) is 9.88 Å². The van der Waals surface area contributed by atoms with Crippen molar-refractivity contribution in [3.8, 4) is 0 Å². The number of benzene rings is 1. The molecule has 0 radical (unpaired) electrons. The zero-order valence-electron chi connectivity index (χ0n) is 12.0. The molecule has 0 atom stereocenters. The zero-order valence-corrected chi connectivity index (χ0v) is 12.8. The lowest BCUT2D eigenvalue weighted by Gasteiger charge is -2.34. The van der Waals surface area contributed by atoms with E-state index >= 15 is 0 Å². The van der Waals surface area contributed by atoms with Gasteiger partial charge in [0.2, 0.25) is 0 Å². The van der Waals surface area contributed by atoms with Crippen molar-refractivity contribution < 1.29 is 4.79 Å². The van der Waals surface area contributed by atoms with Gasteiger partial charge in [-0.1, -0.05) is 0 Å². The third-order valence-electron chi connectivity index (χ3n) is 3.65. The summed E-state index contributed by atoms with van der Waals surface area (Å²) < 4.78 is 0. The second-order valence-electron chi connectivity index (χ2n) is 5.16. The summed E-state index contributed by atoms with van der Waals surface area (Å²) >= 11 is 1.34. The molecule has 0 bridgehead atoms. The Hall–Kier alpha value is -1.92. The minimum atomic E-state index is -0.107. The molecule has 1 N–H and O–H groups in total. The number of amides is 1. The average Bonchev–Trinajstić information content (AvgIpc) is 3.03. The summed E-state index contributed by atoms with van der Waals surface area (Å²) in [4.78, 5) is 21.2. The fraction of sp³-hybridized carbons (Fsp3) is 0.333. The first-order chi connectivity index (χ1) is 10.2. The molecule has 2 heterocycles. The van der Waals surface area contributed by atoms with E-state index in [1.54, 1.807) is 11.7 Å². The number of rotatable bonds is 3. The maximum Gasteiger partial charge on any atom is 0.267 e. The molecule has 1 aliphatic heterocycles. The third-order valence-corrected chi connectivity index (χ3v) is 4.42. The van der Waals surface area contributed by atoms with Gasteiger partial charge in [0.1, 0.15) is 4.88 Å². The molecule has 1 aromatic heterocycles. The SMILES string of the molecule is CN1CCN(c2ccc(NC(=O)c3cncs3)cc2)CC1. The Morgan fingerprint density at radius 1 is 1.19 bits per heavy atom. The fourth-order valence-electron chi connectivity index (χ4n) is 2.34. The van der Waals surface area contributed by atoms with Crippen molar-refractivity contribution in [1.29, 1.82) is 0 Å². The molecule has 1 saturated heterocycles. The van der Waals surface area contributed by atoms with E-state index in [0.29, 0.717) is 4.88 Å². The number of nitrogens with one attached hydrogen (secondary N) is 1.